The van der Waals surface area contributed by atoms with Gasteiger partial charge in [-0.05, 0) is 23.8 Å². The quantitative estimate of drug-likeness (QED) is 0.423. The van der Waals surface area contributed by atoms with E-state index in [-0.39, 0.29) is 23.9 Å². The first kappa shape index (κ1) is 22.6. The molecule has 0 fully saturated rings. The Morgan fingerprint density at radius 2 is 1.86 bits per heavy atom. The third-order valence-electron chi connectivity index (χ3n) is 5.73. The highest BCUT2D eigenvalue weighted by atomic mass is 19.4. The molecule has 0 bridgehead atoms. The Morgan fingerprint density at radius 1 is 1.11 bits per heavy atom. The average Bonchev–Trinajstić information content (AvgIpc) is 3.44. The zero-order chi connectivity index (χ0) is 24.9. The number of halogens is 5. The predicted molar refractivity (Wildman–Crippen MR) is 116 cm³/mol. The molecule has 0 spiro atoms. The van der Waals surface area contributed by atoms with Gasteiger partial charge in [-0.1, -0.05) is 6.92 Å². The van der Waals surface area contributed by atoms with Gasteiger partial charge in [-0.15, -0.1) is 0 Å². The van der Waals surface area contributed by atoms with E-state index in [1.54, 1.807) is 18.5 Å². The van der Waals surface area contributed by atoms with Crippen LogP contribution in [0.3, 0.4) is 0 Å². The van der Waals surface area contributed by atoms with E-state index in [2.05, 4.69) is 25.1 Å². The van der Waals surface area contributed by atoms with Gasteiger partial charge in [0.15, 0.2) is 5.82 Å². The Kier molecular flexibility index (Phi) is 5.33. The van der Waals surface area contributed by atoms with Crippen LogP contribution in [0.25, 0.3) is 22.3 Å². The number of hydrogen-bond donors (Lipinski definition) is 1. The number of fused-ring (bicyclic) bond motifs is 1. The lowest BCUT2D eigenvalue weighted by molar-refractivity contribution is -0.144. The van der Waals surface area contributed by atoms with E-state index in [0.717, 1.165) is 12.4 Å². The van der Waals surface area contributed by atoms with Crippen molar-refractivity contribution in [3.8, 4) is 11.1 Å². The van der Waals surface area contributed by atoms with E-state index in [1.807, 2.05) is 6.92 Å². The van der Waals surface area contributed by atoms with Crippen LogP contribution in [-0.2, 0) is 6.18 Å². The summed E-state index contributed by atoms with van der Waals surface area (Å²) >= 11 is 0. The highest BCUT2D eigenvalue weighted by Crippen LogP contribution is 2.36. The van der Waals surface area contributed by atoms with Crippen molar-refractivity contribution in [3.63, 3.8) is 0 Å². The molecule has 180 valence electrons. The lowest BCUT2D eigenvalue weighted by atomic mass is 10.0. The molecule has 1 aliphatic rings. The summed E-state index contributed by atoms with van der Waals surface area (Å²) in [4.78, 5) is 10.9. The van der Waals surface area contributed by atoms with Crippen molar-refractivity contribution in [1.82, 2.24) is 34.3 Å². The smallest absolute Gasteiger partial charge is 0.382 e. The maximum absolute atomic E-state index is 14.3. The average molecular weight is 488 g/mol. The number of aromatic nitrogens is 7. The van der Waals surface area contributed by atoms with Gasteiger partial charge in [-0.25, -0.2) is 32.9 Å². The zero-order valence-electron chi connectivity index (χ0n) is 18.1. The molecule has 8 nitrogen and oxygen atoms in total. The molecule has 0 aromatic carbocycles. The molecule has 4 aromatic heterocycles. The Hall–Kier alpha value is -4.16. The summed E-state index contributed by atoms with van der Waals surface area (Å²) in [5, 5.41) is 8.47. The summed E-state index contributed by atoms with van der Waals surface area (Å²) in [5.74, 6) is -2.10. The second-order valence-electron chi connectivity index (χ2n) is 7.99. The van der Waals surface area contributed by atoms with Crippen molar-refractivity contribution in [2.45, 2.75) is 31.6 Å². The van der Waals surface area contributed by atoms with Crippen LogP contribution in [0.4, 0.5) is 27.8 Å². The van der Waals surface area contributed by atoms with Crippen molar-refractivity contribution >= 4 is 17.0 Å². The van der Waals surface area contributed by atoms with Gasteiger partial charge < -0.3 is 5.73 Å². The van der Waals surface area contributed by atoms with Gasteiger partial charge >= 0.3 is 6.18 Å². The van der Waals surface area contributed by atoms with E-state index >= 15 is 0 Å². The van der Waals surface area contributed by atoms with E-state index < -0.39 is 24.0 Å². The fourth-order valence-electron chi connectivity index (χ4n) is 3.93. The molecular formula is C22H17F5N8. The summed E-state index contributed by atoms with van der Waals surface area (Å²) < 4.78 is 69.2. The number of anilines is 1. The van der Waals surface area contributed by atoms with Gasteiger partial charge in [0, 0.05) is 42.1 Å². The standard InChI is InChI=1S/C22H17F5N8/c1-11(13-8-32-34(9-13)17-3-2-14(23)4-16(17)24)18-5-15(19-20(28)31-10-33-35(18)19)12-6-29-21(30-7-12)22(25,26)27/h2-3,5-11,14H,4H2,1H3,(H2,28,31,33). The fraction of sp³-hybridized carbons (Fsp3) is 0.227. The first-order valence-corrected chi connectivity index (χ1v) is 10.4. The van der Waals surface area contributed by atoms with Gasteiger partial charge in [0.25, 0.3) is 0 Å². The topological polar surface area (TPSA) is 99.8 Å². The monoisotopic (exact) mass is 488 g/mol. The van der Waals surface area contributed by atoms with Crippen molar-refractivity contribution in [2.24, 2.45) is 0 Å². The van der Waals surface area contributed by atoms with Crippen LogP contribution >= 0.6 is 0 Å². The number of nitrogens with zero attached hydrogens (tertiary/aromatic N) is 7. The fourth-order valence-corrected chi connectivity index (χ4v) is 3.93. The summed E-state index contributed by atoms with van der Waals surface area (Å²) in [5.41, 5.74) is 8.66. The minimum absolute atomic E-state index is 0.115. The molecule has 5 rings (SSSR count). The molecule has 0 saturated carbocycles. The predicted octanol–water partition coefficient (Wildman–Crippen LogP) is 4.57. The molecule has 4 heterocycles. The van der Waals surface area contributed by atoms with Crippen LogP contribution in [0.2, 0.25) is 0 Å². The number of allylic oxidation sites excluding steroid dienone is 4. The van der Waals surface area contributed by atoms with Crippen LogP contribution in [0.1, 0.15) is 36.3 Å². The molecule has 35 heavy (non-hydrogen) atoms. The first-order valence-electron chi connectivity index (χ1n) is 10.4. The van der Waals surface area contributed by atoms with Crippen LogP contribution < -0.4 is 5.73 Å². The van der Waals surface area contributed by atoms with Gasteiger partial charge in [0.05, 0.1) is 17.6 Å². The molecule has 0 amide bonds. The number of alkyl halides is 4. The Morgan fingerprint density at radius 3 is 2.54 bits per heavy atom. The summed E-state index contributed by atoms with van der Waals surface area (Å²) in [7, 11) is 0. The Balaban J connectivity index is 1.56. The Bertz CT molecular complexity index is 1470. The molecule has 0 aliphatic heterocycles. The van der Waals surface area contributed by atoms with E-state index in [9.17, 15) is 22.0 Å². The van der Waals surface area contributed by atoms with Crippen LogP contribution in [0, 0.1) is 0 Å². The van der Waals surface area contributed by atoms with Gasteiger partial charge in [-0.3, -0.25) is 0 Å². The summed E-state index contributed by atoms with van der Waals surface area (Å²) in [6.45, 7) is 1.85. The molecule has 2 atom stereocenters. The van der Waals surface area contributed by atoms with Crippen LogP contribution in [-0.4, -0.2) is 40.5 Å². The molecular weight excluding hydrogens is 471 g/mol. The van der Waals surface area contributed by atoms with E-state index in [1.165, 1.54) is 27.7 Å². The molecule has 2 unspecified atom stereocenters. The Labute approximate surface area is 194 Å². The zero-order valence-corrected chi connectivity index (χ0v) is 18.1. The number of nitrogens with two attached hydrogens (primary N) is 1. The highest BCUT2D eigenvalue weighted by Gasteiger charge is 2.34. The highest BCUT2D eigenvalue weighted by molar-refractivity contribution is 5.88. The van der Waals surface area contributed by atoms with Crippen molar-refractivity contribution < 1.29 is 22.0 Å². The van der Waals surface area contributed by atoms with Gasteiger partial charge in [0.2, 0.25) is 5.82 Å². The lowest BCUT2D eigenvalue weighted by Crippen LogP contribution is -2.10. The largest absolute Gasteiger partial charge is 0.451 e. The number of rotatable bonds is 4. The van der Waals surface area contributed by atoms with E-state index in [4.69, 9.17) is 5.73 Å². The number of hydrogen-bond acceptors (Lipinski definition) is 6. The van der Waals surface area contributed by atoms with Crippen molar-refractivity contribution in [1.29, 1.82) is 0 Å². The normalized spacial score (nSPS) is 17.4. The maximum Gasteiger partial charge on any atom is 0.451 e. The van der Waals surface area contributed by atoms with Crippen molar-refractivity contribution in [2.75, 3.05) is 5.73 Å². The molecule has 0 radical (unpaired) electrons. The molecule has 2 N–H and O–H groups in total. The summed E-state index contributed by atoms with van der Waals surface area (Å²) in [6, 6.07) is 1.71. The molecule has 13 heteroatoms. The molecule has 4 aromatic rings. The first-order chi connectivity index (χ1) is 16.6. The third-order valence-corrected chi connectivity index (χ3v) is 5.73. The molecule has 0 saturated heterocycles. The lowest BCUT2D eigenvalue weighted by Gasteiger charge is -2.12. The second kappa shape index (κ2) is 8.25. The SMILES string of the molecule is CC(c1cnn(C2=C(F)CC(F)C=C2)c1)c1cc(-c2cnc(C(F)(F)F)nc2)c2c(N)ncnn12. The van der Waals surface area contributed by atoms with Crippen molar-refractivity contribution in [3.05, 3.63) is 72.2 Å². The number of nitrogen functional groups attached to an aromatic ring is 1. The summed E-state index contributed by atoms with van der Waals surface area (Å²) in [6.07, 6.45) is 2.76. The van der Waals surface area contributed by atoms with E-state index in [0.29, 0.717) is 27.9 Å². The minimum Gasteiger partial charge on any atom is -0.382 e. The second-order valence-corrected chi connectivity index (χ2v) is 7.99. The maximum atomic E-state index is 14.3. The van der Waals surface area contributed by atoms with Crippen LogP contribution in [0.5, 0.6) is 0 Å². The molecule has 1 aliphatic carbocycles. The van der Waals surface area contributed by atoms with Crippen LogP contribution in [0.15, 0.2) is 55.2 Å². The minimum atomic E-state index is -4.67. The third kappa shape index (κ3) is 4.02. The van der Waals surface area contributed by atoms with Gasteiger partial charge in [0.1, 0.15) is 23.8 Å². The van der Waals surface area contributed by atoms with Gasteiger partial charge in [-0.2, -0.15) is 23.4 Å².